The summed E-state index contributed by atoms with van der Waals surface area (Å²) in [4.78, 5) is 18.2. The standard InChI is InChI=1S/C41H47F3N2O3/c1-28-22-35-36(40(4,5)17-16-39(35,2)3)25-30(28)24-34-14-15-37(49-34)38(47)46(21-20-45-18-6-7-19-45)27-29-10-8-12-32(23-29)48-33-13-9-11-31(26-33)41(42,43)44/h8-15,22-23,25-26H,6-7,16-21,24,27H2,1-5H3. The lowest BCUT2D eigenvalue weighted by molar-refractivity contribution is -0.137. The highest BCUT2D eigenvalue weighted by Crippen LogP contribution is 2.46. The van der Waals surface area contributed by atoms with Gasteiger partial charge in [0.2, 0.25) is 0 Å². The van der Waals surface area contributed by atoms with Crippen LogP contribution in [0.15, 0.2) is 77.2 Å². The van der Waals surface area contributed by atoms with Gasteiger partial charge in [-0.3, -0.25) is 4.79 Å². The normalized spacial score (nSPS) is 17.1. The molecule has 0 unspecified atom stereocenters. The van der Waals surface area contributed by atoms with Crippen LogP contribution in [-0.2, 0) is 30.0 Å². The number of carbonyl (C=O) groups excluding carboxylic acids is 1. The van der Waals surface area contributed by atoms with Crippen LogP contribution < -0.4 is 4.74 Å². The van der Waals surface area contributed by atoms with E-state index in [4.69, 9.17) is 9.15 Å². The average molecular weight is 673 g/mol. The molecule has 1 fully saturated rings. The number of hydrogen-bond donors (Lipinski definition) is 0. The fourth-order valence-electron chi connectivity index (χ4n) is 7.21. The first-order valence-corrected chi connectivity index (χ1v) is 17.4. The molecule has 260 valence electrons. The van der Waals surface area contributed by atoms with E-state index in [1.54, 1.807) is 29.2 Å². The number of rotatable bonds is 10. The molecule has 2 heterocycles. The van der Waals surface area contributed by atoms with Crippen LogP contribution >= 0.6 is 0 Å². The van der Waals surface area contributed by atoms with Crippen LogP contribution in [0.25, 0.3) is 0 Å². The molecule has 1 saturated heterocycles. The quantitative estimate of drug-likeness (QED) is 0.168. The van der Waals surface area contributed by atoms with Gasteiger partial charge in [-0.15, -0.1) is 0 Å². The summed E-state index contributed by atoms with van der Waals surface area (Å²) in [6.45, 7) is 15.1. The molecule has 0 atom stereocenters. The Balaban J connectivity index is 1.20. The lowest BCUT2D eigenvalue weighted by Gasteiger charge is -2.42. The number of amides is 1. The van der Waals surface area contributed by atoms with Crippen molar-refractivity contribution in [2.24, 2.45) is 0 Å². The van der Waals surface area contributed by atoms with Crippen LogP contribution in [0.1, 0.15) is 103 Å². The molecule has 0 saturated carbocycles. The van der Waals surface area contributed by atoms with Gasteiger partial charge in [-0.25, -0.2) is 0 Å². The van der Waals surface area contributed by atoms with Crippen molar-refractivity contribution >= 4 is 5.91 Å². The maximum Gasteiger partial charge on any atom is 0.416 e. The molecule has 3 aromatic carbocycles. The zero-order chi connectivity index (χ0) is 35.0. The highest BCUT2D eigenvalue weighted by atomic mass is 19.4. The second kappa shape index (κ2) is 13.7. The number of likely N-dealkylation sites (tertiary alicyclic amines) is 1. The number of hydrogen-bond acceptors (Lipinski definition) is 4. The molecule has 49 heavy (non-hydrogen) atoms. The second-order valence-electron chi connectivity index (χ2n) is 15.1. The molecule has 1 amide bonds. The van der Waals surface area contributed by atoms with Gasteiger partial charge in [0, 0.05) is 26.1 Å². The summed E-state index contributed by atoms with van der Waals surface area (Å²) in [7, 11) is 0. The number of alkyl halides is 3. The first-order chi connectivity index (χ1) is 23.2. The van der Waals surface area contributed by atoms with Crippen molar-refractivity contribution in [2.45, 2.75) is 90.3 Å². The van der Waals surface area contributed by atoms with Gasteiger partial charge < -0.3 is 19.0 Å². The van der Waals surface area contributed by atoms with E-state index in [1.165, 1.54) is 34.4 Å². The zero-order valence-corrected chi connectivity index (χ0v) is 29.3. The highest BCUT2D eigenvalue weighted by molar-refractivity contribution is 5.91. The number of halogens is 3. The molecule has 6 rings (SSSR count). The average Bonchev–Trinajstić information content (AvgIpc) is 3.75. The molecule has 4 aromatic rings. The van der Waals surface area contributed by atoms with Crippen LogP contribution in [0.2, 0.25) is 0 Å². The molecule has 8 heteroatoms. The molecule has 0 radical (unpaired) electrons. The van der Waals surface area contributed by atoms with Crippen LogP contribution in [0.4, 0.5) is 13.2 Å². The Morgan fingerprint density at radius 2 is 1.53 bits per heavy atom. The first kappa shape index (κ1) is 34.8. The van der Waals surface area contributed by atoms with Gasteiger partial charge in [-0.1, -0.05) is 58.0 Å². The third-order valence-corrected chi connectivity index (χ3v) is 10.4. The van der Waals surface area contributed by atoms with E-state index in [0.29, 0.717) is 31.0 Å². The summed E-state index contributed by atoms with van der Waals surface area (Å²) >= 11 is 0. The van der Waals surface area contributed by atoms with Crippen molar-refractivity contribution in [3.63, 3.8) is 0 Å². The molecular weight excluding hydrogens is 625 g/mol. The summed E-state index contributed by atoms with van der Waals surface area (Å²) in [5.41, 5.74) is 5.55. The van der Waals surface area contributed by atoms with Crippen molar-refractivity contribution < 1.29 is 27.1 Å². The number of ether oxygens (including phenoxy) is 1. The van der Waals surface area contributed by atoms with E-state index in [1.807, 2.05) is 12.1 Å². The molecular formula is C41H47F3N2O3. The molecule has 0 spiro atoms. The fraction of sp³-hybridized carbons (Fsp3) is 0.439. The lowest BCUT2D eigenvalue weighted by Crippen LogP contribution is -2.37. The Labute approximate surface area is 288 Å². The Morgan fingerprint density at radius 3 is 2.22 bits per heavy atom. The van der Waals surface area contributed by atoms with E-state index >= 15 is 0 Å². The van der Waals surface area contributed by atoms with Gasteiger partial charge in [0.05, 0.1) is 5.56 Å². The van der Waals surface area contributed by atoms with E-state index in [9.17, 15) is 18.0 Å². The minimum absolute atomic E-state index is 0.0958. The third kappa shape index (κ3) is 8.07. The van der Waals surface area contributed by atoms with Crippen molar-refractivity contribution in [3.8, 4) is 11.5 Å². The van der Waals surface area contributed by atoms with Gasteiger partial charge in [0.25, 0.3) is 5.91 Å². The van der Waals surface area contributed by atoms with Crippen molar-refractivity contribution in [3.05, 3.63) is 118 Å². The van der Waals surface area contributed by atoms with E-state index in [-0.39, 0.29) is 22.5 Å². The predicted molar refractivity (Wildman–Crippen MR) is 186 cm³/mol. The minimum Gasteiger partial charge on any atom is -0.457 e. The van der Waals surface area contributed by atoms with Crippen LogP contribution in [-0.4, -0.2) is 41.9 Å². The fourth-order valence-corrected chi connectivity index (χ4v) is 7.21. The summed E-state index contributed by atoms with van der Waals surface area (Å²) in [6, 6.07) is 20.4. The van der Waals surface area contributed by atoms with Gasteiger partial charge in [-0.2, -0.15) is 13.2 Å². The molecule has 5 nitrogen and oxygen atoms in total. The molecule has 1 aromatic heterocycles. The molecule has 1 aliphatic heterocycles. The minimum atomic E-state index is -4.46. The van der Waals surface area contributed by atoms with E-state index in [2.05, 4.69) is 51.7 Å². The number of fused-ring (bicyclic) bond motifs is 1. The second-order valence-corrected chi connectivity index (χ2v) is 15.1. The van der Waals surface area contributed by atoms with Crippen LogP contribution in [0.3, 0.4) is 0 Å². The number of aryl methyl sites for hydroxylation is 1. The van der Waals surface area contributed by atoms with Gasteiger partial charge in [0.15, 0.2) is 5.76 Å². The largest absolute Gasteiger partial charge is 0.457 e. The summed E-state index contributed by atoms with van der Waals surface area (Å²) in [6.07, 6.45) is 0.754. The summed E-state index contributed by atoms with van der Waals surface area (Å²) in [5.74, 6) is 1.34. The molecule has 0 bridgehead atoms. The third-order valence-electron chi connectivity index (χ3n) is 10.4. The van der Waals surface area contributed by atoms with Gasteiger partial charge in [-0.05, 0) is 127 Å². The first-order valence-electron chi connectivity index (χ1n) is 17.4. The molecule has 2 aliphatic rings. The highest BCUT2D eigenvalue weighted by Gasteiger charge is 2.37. The van der Waals surface area contributed by atoms with E-state index < -0.39 is 11.7 Å². The Morgan fingerprint density at radius 1 is 0.878 bits per heavy atom. The van der Waals surface area contributed by atoms with Gasteiger partial charge in [0.1, 0.15) is 17.3 Å². The Kier molecular flexibility index (Phi) is 9.73. The monoisotopic (exact) mass is 672 g/mol. The Hall–Kier alpha value is -4.04. The SMILES string of the molecule is Cc1cc2c(cc1Cc1ccc(C(=O)N(CCN3CCCC3)Cc3cccc(Oc4cccc(C(F)(F)F)c4)c3)o1)C(C)(C)CCC2(C)C. The number of carbonyl (C=O) groups is 1. The smallest absolute Gasteiger partial charge is 0.416 e. The lowest BCUT2D eigenvalue weighted by atomic mass is 9.62. The van der Waals surface area contributed by atoms with Gasteiger partial charge >= 0.3 is 6.18 Å². The maximum absolute atomic E-state index is 14.0. The molecule has 1 aliphatic carbocycles. The molecule has 0 N–H and O–H groups in total. The van der Waals surface area contributed by atoms with Crippen LogP contribution in [0, 0.1) is 6.92 Å². The van der Waals surface area contributed by atoms with Crippen molar-refractivity contribution in [1.82, 2.24) is 9.80 Å². The summed E-state index contributed by atoms with van der Waals surface area (Å²) < 4.78 is 51.8. The number of benzene rings is 3. The number of furan rings is 1. The number of nitrogens with zero attached hydrogens (tertiary/aromatic N) is 2. The summed E-state index contributed by atoms with van der Waals surface area (Å²) in [5, 5.41) is 0. The zero-order valence-electron chi connectivity index (χ0n) is 29.3. The topological polar surface area (TPSA) is 45.9 Å². The van der Waals surface area contributed by atoms with Crippen molar-refractivity contribution in [1.29, 1.82) is 0 Å². The predicted octanol–water partition coefficient (Wildman–Crippen LogP) is 10.1. The van der Waals surface area contributed by atoms with Crippen LogP contribution in [0.5, 0.6) is 11.5 Å². The van der Waals surface area contributed by atoms with E-state index in [0.717, 1.165) is 68.8 Å². The Bertz CT molecular complexity index is 1800. The maximum atomic E-state index is 14.0. The van der Waals surface area contributed by atoms with Crippen molar-refractivity contribution in [2.75, 3.05) is 26.2 Å².